The highest BCUT2D eigenvalue weighted by atomic mass is 16.1. The Labute approximate surface area is 89.7 Å². The summed E-state index contributed by atoms with van der Waals surface area (Å²) in [4.78, 5) is 11.4. The number of Topliss-reactive ketones (excluding diaryl/α,β-unsaturated/α-hetero) is 1. The SMILES string of the molecule is C#CCCC(=O)Cn1cc(CCC)nn1. The molecule has 1 aromatic rings. The molecule has 1 heterocycles. The van der Waals surface area contributed by atoms with E-state index >= 15 is 0 Å². The van der Waals surface area contributed by atoms with Gasteiger partial charge in [0.2, 0.25) is 0 Å². The zero-order valence-corrected chi connectivity index (χ0v) is 8.94. The number of rotatable bonds is 6. The van der Waals surface area contributed by atoms with Crippen molar-refractivity contribution < 1.29 is 4.79 Å². The Morgan fingerprint density at radius 2 is 2.47 bits per heavy atom. The van der Waals surface area contributed by atoms with E-state index in [0.29, 0.717) is 12.8 Å². The van der Waals surface area contributed by atoms with Crippen molar-refractivity contribution in [1.82, 2.24) is 15.0 Å². The van der Waals surface area contributed by atoms with Gasteiger partial charge in [0.1, 0.15) is 6.54 Å². The fourth-order valence-electron chi connectivity index (χ4n) is 1.26. The molecule has 0 fully saturated rings. The number of aryl methyl sites for hydroxylation is 1. The maximum Gasteiger partial charge on any atom is 0.155 e. The molecule has 0 aromatic carbocycles. The van der Waals surface area contributed by atoms with Crippen LogP contribution in [0.4, 0.5) is 0 Å². The van der Waals surface area contributed by atoms with Crippen LogP contribution in [0.5, 0.6) is 0 Å². The van der Waals surface area contributed by atoms with Gasteiger partial charge < -0.3 is 0 Å². The van der Waals surface area contributed by atoms with E-state index in [2.05, 4.69) is 23.2 Å². The Morgan fingerprint density at radius 3 is 3.13 bits per heavy atom. The van der Waals surface area contributed by atoms with E-state index in [1.807, 2.05) is 6.20 Å². The first-order chi connectivity index (χ1) is 7.26. The Kier molecular flexibility index (Phi) is 4.55. The monoisotopic (exact) mass is 205 g/mol. The maximum atomic E-state index is 11.4. The summed E-state index contributed by atoms with van der Waals surface area (Å²) in [5, 5.41) is 7.84. The van der Waals surface area contributed by atoms with Crippen molar-refractivity contribution in [3.63, 3.8) is 0 Å². The molecule has 4 nitrogen and oxygen atoms in total. The predicted molar refractivity (Wildman–Crippen MR) is 57.1 cm³/mol. The van der Waals surface area contributed by atoms with Crippen molar-refractivity contribution >= 4 is 5.78 Å². The minimum absolute atomic E-state index is 0.0981. The first-order valence-electron chi connectivity index (χ1n) is 5.10. The summed E-state index contributed by atoms with van der Waals surface area (Å²) in [6, 6.07) is 0. The van der Waals surface area contributed by atoms with Gasteiger partial charge in [0, 0.05) is 19.0 Å². The summed E-state index contributed by atoms with van der Waals surface area (Å²) < 4.78 is 1.57. The number of nitrogens with zero attached hydrogens (tertiary/aromatic N) is 3. The average molecular weight is 205 g/mol. The molecule has 1 rings (SSSR count). The highest BCUT2D eigenvalue weighted by Gasteiger charge is 2.04. The quantitative estimate of drug-likeness (QED) is 0.656. The number of carbonyl (C=O) groups is 1. The summed E-state index contributed by atoms with van der Waals surface area (Å²) in [6.45, 7) is 2.36. The van der Waals surface area contributed by atoms with Crippen molar-refractivity contribution in [2.24, 2.45) is 0 Å². The fraction of sp³-hybridized carbons (Fsp3) is 0.545. The van der Waals surface area contributed by atoms with E-state index in [-0.39, 0.29) is 12.3 Å². The molecule has 0 aliphatic rings. The predicted octanol–water partition coefficient (Wildman–Crippen LogP) is 1.21. The first kappa shape index (κ1) is 11.4. The van der Waals surface area contributed by atoms with E-state index in [9.17, 15) is 4.79 Å². The van der Waals surface area contributed by atoms with Crippen molar-refractivity contribution in [2.75, 3.05) is 0 Å². The lowest BCUT2D eigenvalue weighted by Crippen LogP contribution is -2.10. The van der Waals surface area contributed by atoms with E-state index in [1.54, 1.807) is 4.68 Å². The summed E-state index contributed by atoms with van der Waals surface area (Å²) >= 11 is 0. The van der Waals surface area contributed by atoms with Crippen LogP contribution in [0.15, 0.2) is 6.20 Å². The Morgan fingerprint density at radius 1 is 1.67 bits per heavy atom. The second-order valence-electron chi connectivity index (χ2n) is 3.40. The van der Waals surface area contributed by atoms with Gasteiger partial charge in [0.25, 0.3) is 0 Å². The van der Waals surface area contributed by atoms with Crippen LogP contribution < -0.4 is 0 Å². The zero-order chi connectivity index (χ0) is 11.1. The van der Waals surface area contributed by atoms with E-state index in [0.717, 1.165) is 18.5 Å². The van der Waals surface area contributed by atoms with E-state index in [1.165, 1.54) is 0 Å². The molecule has 0 bridgehead atoms. The summed E-state index contributed by atoms with van der Waals surface area (Å²) in [6.07, 6.45) is 9.74. The molecule has 15 heavy (non-hydrogen) atoms. The minimum atomic E-state index is 0.0981. The Bertz CT molecular complexity index is 362. The second-order valence-corrected chi connectivity index (χ2v) is 3.40. The average Bonchev–Trinajstić information content (AvgIpc) is 2.63. The summed E-state index contributed by atoms with van der Waals surface area (Å²) in [5.74, 6) is 2.54. The van der Waals surface area contributed by atoms with Crippen molar-refractivity contribution in [3.05, 3.63) is 11.9 Å². The molecule has 0 unspecified atom stereocenters. The molecule has 0 aliphatic heterocycles. The third-order valence-electron chi connectivity index (χ3n) is 1.98. The van der Waals surface area contributed by atoms with Crippen molar-refractivity contribution in [2.45, 2.75) is 39.2 Å². The largest absolute Gasteiger partial charge is 0.298 e. The summed E-state index contributed by atoms with van der Waals surface area (Å²) in [7, 11) is 0. The third-order valence-corrected chi connectivity index (χ3v) is 1.98. The van der Waals surface area contributed by atoms with Crippen molar-refractivity contribution in [3.8, 4) is 12.3 Å². The molecule has 0 aliphatic carbocycles. The molecular formula is C11H15N3O. The van der Waals surface area contributed by atoms with Crippen LogP contribution in [0.2, 0.25) is 0 Å². The van der Waals surface area contributed by atoms with Crippen LogP contribution in [-0.2, 0) is 17.8 Å². The number of terminal acetylenes is 1. The van der Waals surface area contributed by atoms with Gasteiger partial charge in [-0.2, -0.15) is 0 Å². The minimum Gasteiger partial charge on any atom is -0.298 e. The van der Waals surface area contributed by atoms with Gasteiger partial charge in [-0.25, -0.2) is 4.68 Å². The van der Waals surface area contributed by atoms with Gasteiger partial charge in [0.05, 0.1) is 5.69 Å². The highest BCUT2D eigenvalue weighted by Crippen LogP contribution is 1.99. The van der Waals surface area contributed by atoms with Crippen LogP contribution in [-0.4, -0.2) is 20.8 Å². The Hall–Kier alpha value is -1.63. The van der Waals surface area contributed by atoms with Crippen LogP contribution in [0.1, 0.15) is 31.9 Å². The molecule has 0 N–H and O–H groups in total. The lowest BCUT2D eigenvalue weighted by atomic mass is 10.2. The number of aromatic nitrogens is 3. The third kappa shape index (κ3) is 3.94. The van der Waals surface area contributed by atoms with E-state index in [4.69, 9.17) is 6.42 Å². The number of carbonyl (C=O) groups excluding carboxylic acids is 1. The highest BCUT2D eigenvalue weighted by molar-refractivity contribution is 5.78. The standard InChI is InChI=1S/C11H15N3O/c1-3-5-7-11(15)9-14-8-10(6-4-2)12-13-14/h1,8H,4-7,9H2,2H3. The van der Waals surface area contributed by atoms with Crippen LogP contribution in [0, 0.1) is 12.3 Å². The molecule has 1 aromatic heterocycles. The molecule has 80 valence electrons. The summed E-state index contributed by atoms with van der Waals surface area (Å²) in [5.41, 5.74) is 0.933. The van der Waals surface area contributed by atoms with Gasteiger partial charge in [0.15, 0.2) is 5.78 Å². The lowest BCUT2D eigenvalue weighted by Gasteiger charge is -1.96. The molecule has 0 spiro atoms. The van der Waals surface area contributed by atoms with Gasteiger partial charge in [-0.3, -0.25) is 4.79 Å². The lowest BCUT2D eigenvalue weighted by molar-refractivity contribution is -0.119. The number of hydrogen-bond acceptors (Lipinski definition) is 3. The molecule has 0 atom stereocenters. The van der Waals surface area contributed by atoms with Gasteiger partial charge in [-0.05, 0) is 6.42 Å². The first-order valence-corrected chi connectivity index (χ1v) is 5.10. The molecule has 0 saturated carbocycles. The normalized spacial score (nSPS) is 9.87. The van der Waals surface area contributed by atoms with Crippen molar-refractivity contribution in [1.29, 1.82) is 0 Å². The van der Waals surface area contributed by atoms with Crippen LogP contribution in [0.3, 0.4) is 0 Å². The fourth-order valence-corrected chi connectivity index (χ4v) is 1.26. The van der Waals surface area contributed by atoms with Crippen LogP contribution >= 0.6 is 0 Å². The van der Waals surface area contributed by atoms with Gasteiger partial charge >= 0.3 is 0 Å². The second kappa shape index (κ2) is 5.97. The van der Waals surface area contributed by atoms with E-state index < -0.39 is 0 Å². The van der Waals surface area contributed by atoms with Gasteiger partial charge in [-0.15, -0.1) is 17.4 Å². The zero-order valence-electron chi connectivity index (χ0n) is 8.94. The maximum absolute atomic E-state index is 11.4. The number of ketones is 1. The van der Waals surface area contributed by atoms with Crippen LogP contribution in [0.25, 0.3) is 0 Å². The molecule has 4 heteroatoms. The Balaban J connectivity index is 2.43. The molecular weight excluding hydrogens is 190 g/mol. The van der Waals surface area contributed by atoms with Gasteiger partial charge in [-0.1, -0.05) is 18.6 Å². The number of hydrogen-bond donors (Lipinski definition) is 0. The molecule has 0 amide bonds. The smallest absolute Gasteiger partial charge is 0.155 e. The molecule has 0 radical (unpaired) electrons. The molecule has 0 saturated heterocycles. The topological polar surface area (TPSA) is 47.8 Å².